The van der Waals surface area contributed by atoms with Gasteiger partial charge in [-0.2, -0.15) is 5.26 Å². The minimum Gasteiger partial charge on any atom is -0.352 e. The first-order chi connectivity index (χ1) is 15.9. The Morgan fingerprint density at radius 1 is 1.18 bits per heavy atom. The molecule has 1 aromatic heterocycles. The van der Waals surface area contributed by atoms with Crippen LogP contribution in [-0.4, -0.2) is 28.3 Å². The molecule has 0 spiro atoms. The lowest BCUT2D eigenvalue weighted by Crippen LogP contribution is -2.38. The summed E-state index contributed by atoms with van der Waals surface area (Å²) < 4.78 is 0. The second-order valence-electron chi connectivity index (χ2n) is 9.01. The van der Waals surface area contributed by atoms with Crippen LogP contribution < -0.4 is 10.6 Å². The van der Waals surface area contributed by atoms with Crippen molar-refractivity contribution in [3.05, 3.63) is 71.3 Å². The smallest absolute Gasteiger partial charge is 0.271 e. The van der Waals surface area contributed by atoms with Crippen LogP contribution in [0.3, 0.4) is 0 Å². The van der Waals surface area contributed by atoms with Crippen LogP contribution in [0.4, 0.5) is 0 Å². The van der Waals surface area contributed by atoms with Crippen molar-refractivity contribution in [3.63, 3.8) is 0 Å². The van der Waals surface area contributed by atoms with E-state index < -0.39 is 0 Å². The third kappa shape index (κ3) is 6.72. The molecule has 0 bridgehead atoms. The summed E-state index contributed by atoms with van der Waals surface area (Å²) in [5, 5.41) is 14.9. The molecule has 3 rings (SSSR count). The van der Waals surface area contributed by atoms with Crippen molar-refractivity contribution in [2.24, 2.45) is 23.7 Å². The second kappa shape index (κ2) is 11.4. The molecule has 7 nitrogen and oxygen atoms in total. The van der Waals surface area contributed by atoms with Gasteiger partial charge in [0.2, 0.25) is 5.91 Å². The molecule has 1 aromatic carbocycles. The summed E-state index contributed by atoms with van der Waals surface area (Å²) in [5.74, 6) is 0.994. The quantitative estimate of drug-likeness (QED) is 0.603. The molecule has 2 N–H and O–H groups in total. The van der Waals surface area contributed by atoms with E-state index in [1.54, 1.807) is 18.3 Å². The molecule has 0 saturated carbocycles. The van der Waals surface area contributed by atoms with Gasteiger partial charge in [0.25, 0.3) is 5.91 Å². The van der Waals surface area contributed by atoms with Crippen molar-refractivity contribution in [2.75, 3.05) is 6.54 Å². The van der Waals surface area contributed by atoms with Crippen LogP contribution in [0, 0.1) is 35.0 Å². The van der Waals surface area contributed by atoms with E-state index in [4.69, 9.17) is 5.26 Å². The summed E-state index contributed by atoms with van der Waals surface area (Å²) >= 11 is 0. The molecule has 0 aliphatic heterocycles. The van der Waals surface area contributed by atoms with Crippen molar-refractivity contribution < 1.29 is 9.59 Å². The number of hydrogen-bond donors (Lipinski definition) is 2. The number of benzene rings is 1. The first kappa shape index (κ1) is 24.1. The van der Waals surface area contributed by atoms with Gasteiger partial charge in [-0.3, -0.25) is 14.6 Å². The molecule has 1 heterocycles. The number of nitrogens with zero attached hydrogens (tertiary/aromatic N) is 3. The van der Waals surface area contributed by atoms with E-state index in [2.05, 4.69) is 53.5 Å². The van der Waals surface area contributed by atoms with E-state index in [1.165, 1.54) is 18.0 Å². The third-order valence-electron chi connectivity index (χ3n) is 6.38. The van der Waals surface area contributed by atoms with Crippen molar-refractivity contribution in [2.45, 2.75) is 40.2 Å². The minimum atomic E-state index is -0.221. The molecule has 2 amide bonds. The Labute approximate surface area is 195 Å². The van der Waals surface area contributed by atoms with Gasteiger partial charge in [-0.1, -0.05) is 37.6 Å². The zero-order valence-corrected chi connectivity index (χ0v) is 19.4. The minimum absolute atomic E-state index is 0.0222. The lowest BCUT2D eigenvalue weighted by molar-refractivity contribution is -0.122. The maximum atomic E-state index is 12.6. The fourth-order valence-corrected chi connectivity index (χ4v) is 4.42. The molecule has 7 heteroatoms. The van der Waals surface area contributed by atoms with Gasteiger partial charge in [0, 0.05) is 31.9 Å². The maximum Gasteiger partial charge on any atom is 0.271 e. The summed E-state index contributed by atoms with van der Waals surface area (Å²) in [7, 11) is 0. The van der Waals surface area contributed by atoms with Gasteiger partial charge in [0.1, 0.15) is 5.69 Å². The number of hydrogen-bond acceptors (Lipinski definition) is 5. The number of aromatic nitrogens is 2. The molecule has 0 saturated heterocycles. The fraction of sp³-hybridized carbons (Fsp3) is 0.423. The average molecular weight is 446 g/mol. The van der Waals surface area contributed by atoms with Gasteiger partial charge in [-0.15, -0.1) is 0 Å². The first-order valence-corrected chi connectivity index (χ1v) is 11.4. The molecule has 1 aliphatic carbocycles. The highest BCUT2D eigenvalue weighted by molar-refractivity contribution is 5.91. The lowest BCUT2D eigenvalue weighted by Gasteiger charge is -2.37. The average Bonchev–Trinajstić information content (AvgIpc) is 2.83. The normalized spacial score (nSPS) is 20.0. The molecule has 0 unspecified atom stereocenters. The van der Waals surface area contributed by atoms with Crippen molar-refractivity contribution in [1.29, 1.82) is 5.26 Å². The van der Waals surface area contributed by atoms with Crippen LogP contribution in [-0.2, 0) is 11.3 Å². The Hall–Kier alpha value is -3.53. The van der Waals surface area contributed by atoms with Crippen molar-refractivity contribution in [3.8, 4) is 6.07 Å². The molecule has 1 aliphatic rings. The number of carbonyl (C=O) groups is 2. The van der Waals surface area contributed by atoms with Gasteiger partial charge in [-0.05, 0) is 54.7 Å². The number of nitrogens with one attached hydrogen (secondary N) is 2. The molecular weight excluding hydrogens is 414 g/mol. The van der Waals surface area contributed by atoms with E-state index in [9.17, 15) is 9.59 Å². The number of rotatable bonds is 8. The predicted octanol–water partition coefficient (Wildman–Crippen LogP) is 3.64. The summed E-state index contributed by atoms with van der Waals surface area (Å²) in [4.78, 5) is 33.0. The monoisotopic (exact) mass is 445 g/mol. The maximum absolute atomic E-state index is 12.6. The van der Waals surface area contributed by atoms with E-state index in [0.29, 0.717) is 42.6 Å². The van der Waals surface area contributed by atoms with E-state index in [0.717, 1.165) is 12.0 Å². The largest absolute Gasteiger partial charge is 0.352 e. The molecule has 3 atom stereocenters. The molecular formula is C26H31N5O2. The molecule has 33 heavy (non-hydrogen) atoms. The van der Waals surface area contributed by atoms with Gasteiger partial charge in [0.05, 0.1) is 17.8 Å². The SMILES string of the molecule is CC1=C[C@@H](CNC(=O)c2cnccn2)[C@H](C(C)C)C[C@H]1CC(=O)NCc1ccc(C#N)cc1. The van der Waals surface area contributed by atoms with Gasteiger partial charge >= 0.3 is 0 Å². The summed E-state index contributed by atoms with van der Waals surface area (Å²) in [5.41, 5.74) is 3.08. The van der Waals surface area contributed by atoms with E-state index in [1.807, 2.05) is 12.1 Å². The van der Waals surface area contributed by atoms with Crippen LogP contribution in [0.2, 0.25) is 0 Å². The van der Waals surface area contributed by atoms with Crippen molar-refractivity contribution in [1.82, 2.24) is 20.6 Å². The zero-order valence-electron chi connectivity index (χ0n) is 19.4. The van der Waals surface area contributed by atoms with Gasteiger partial charge in [-0.25, -0.2) is 4.98 Å². The highest BCUT2D eigenvalue weighted by atomic mass is 16.2. The highest BCUT2D eigenvalue weighted by Crippen LogP contribution is 2.38. The lowest BCUT2D eigenvalue weighted by atomic mass is 9.69. The second-order valence-corrected chi connectivity index (χ2v) is 9.01. The van der Waals surface area contributed by atoms with Gasteiger partial charge < -0.3 is 10.6 Å². The molecule has 172 valence electrons. The third-order valence-corrected chi connectivity index (χ3v) is 6.38. The number of nitriles is 1. The van der Waals surface area contributed by atoms with Crippen LogP contribution in [0.25, 0.3) is 0 Å². The Balaban J connectivity index is 1.57. The summed E-state index contributed by atoms with van der Waals surface area (Å²) in [6, 6.07) is 9.33. The Morgan fingerprint density at radius 3 is 2.58 bits per heavy atom. The zero-order chi connectivity index (χ0) is 23.8. The Kier molecular flexibility index (Phi) is 8.31. The first-order valence-electron chi connectivity index (χ1n) is 11.4. The van der Waals surface area contributed by atoms with Crippen molar-refractivity contribution >= 4 is 11.8 Å². The Bertz CT molecular complexity index is 1020. The molecule has 2 aromatic rings. The number of carbonyl (C=O) groups excluding carboxylic acids is 2. The van der Waals surface area contributed by atoms with Crippen LogP contribution >= 0.6 is 0 Å². The summed E-state index contributed by atoms with van der Waals surface area (Å²) in [6.07, 6.45) is 8.09. The predicted molar refractivity (Wildman–Crippen MR) is 126 cm³/mol. The van der Waals surface area contributed by atoms with Crippen LogP contribution in [0.1, 0.15) is 55.2 Å². The topological polar surface area (TPSA) is 108 Å². The standard InChI is InChI=1S/C26H31N5O2/c1-17(2)23-11-21(12-25(32)30-14-20-6-4-19(13-27)5-7-20)18(3)10-22(23)15-31-26(33)24-16-28-8-9-29-24/h4-10,16-17,21-23H,11-12,14-15H2,1-3H3,(H,30,32)(H,31,33)/t21-,22-,23-/m0/s1. The number of allylic oxidation sites excluding steroid dienone is 1. The van der Waals surface area contributed by atoms with Crippen LogP contribution in [0.15, 0.2) is 54.5 Å². The highest BCUT2D eigenvalue weighted by Gasteiger charge is 2.32. The van der Waals surface area contributed by atoms with E-state index >= 15 is 0 Å². The van der Waals surface area contributed by atoms with E-state index in [-0.39, 0.29) is 23.7 Å². The van der Waals surface area contributed by atoms with Gasteiger partial charge in [0.15, 0.2) is 0 Å². The summed E-state index contributed by atoms with van der Waals surface area (Å²) in [6.45, 7) is 7.45. The molecule has 0 radical (unpaired) electrons. The van der Waals surface area contributed by atoms with Crippen LogP contribution in [0.5, 0.6) is 0 Å². The Morgan fingerprint density at radius 2 is 1.94 bits per heavy atom. The molecule has 0 fully saturated rings. The fourth-order valence-electron chi connectivity index (χ4n) is 4.42. The number of amides is 2.